The van der Waals surface area contributed by atoms with E-state index in [1.165, 1.54) is 6.07 Å². The molecule has 1 aliphatic carbocycles. The van der Waals surface area contributed by atoms with Crippen LogP contribution in [0.1, 0.15) is 60.3 Å². The van der Waals surface area contributed by atoms with Crippen LogP contribution < -0.4 is 5.32 Å². The molecule has 0 aliphatic heterocycles. The first-order valence-corrected chi connectivity index (χ1v) is 9.30. The van der Waals surface area contributed by atoms with Gasteiger partial charge in [0.25, 0.3) is 11.6 Å². The Morgan fingerprint density at radius 2 is 2.11 bits per heavy atom. The summed E-state index contributed by atoms with van der Waals surface area (Å²) in [6.45, 7) is 5.66. The van der Waals surface area contributed by atoms with Gasteiger partial charge in [-0.25, -0.2) is 9.67 Å². The molecular formula is C20H21N5O3. The number of anilines is 1. The Balaban J connectivity index is 1.77. The highest BCUT2D eigenvalue weighted by Crippen LogP contribution is 2.40. The largest absolute Gasteiger partial charge is 0.321 e. The third kappa shape index (κ3) is 3.11. The number of amides is 1. The van der Waals surface area contributed by atoms with Crippen molar-refractivity contribution in [3.63, 3.8) is 0 Å². The van der Waals surface area contributed by atoms with E-state index in [2.05, 4.69) is 10.4 Å². The van der Waals surface area contributed by atoms with Gasteiger partial charge in [-0.2, -0.15) is 5.10 Å². The van der Waals surface area contributed by atoms with Crippen molar-refractivity contribution in [1.29, 1.82) is 0 Å². The SMILES string of the molecule is Cc1c(NC(=O)c2cc(C3CC3)nc3c2cnn3C(C)C)cccc1[N+](=O)[O-]. The Morgan fingerprint density at radius 1 is 1.36 bits per heavy atom. The Morgan fingerprint density at radius 3 is 2.75 bits per heavy atom. The molecule has 1 saturated carbocycles. The zero-order chi connectivity index (χ0) is 20.0. The predicted octanol–water partition coefficient (Wildman–Crippen LogP) is 4.36. The molecule has 3 aromatic rings. The number of benzene rings is 1. The highest BCUT2D eigenvalue weighted by atomic mass is 16.6. The van der Waals surface area contributed by atoms with Gasteiger partial charge in [0.1, 0.15) is 0 Å². The quantitative estimate of drug-likeness (QED) is 0.524. The molecule has 144 valence electrons. The van der Waals surface area contributed by atoms with E-state index in [1.807, 2.05) is 24.6 Å². The molecular weight excluding hydrogens is 358 g/mol. The van der Waals surface area contributed by atoms with Gasteiger partial charge in [-0.3, -0.25) is 14.9 Å². The van der Waals surface area contributed by atoms with Crippen molar-refractivity contribution in [3.05, 3.63) is 57.4 Å². The first-order chi connectivity index (χ1) is 13.4. The lowest BCUT2D eigenvalue weighted by Crippen LogP contribution is -2.15. The van der Waals surface area contributed by atoms with Gasteiger partial charge in [-0.05, 0) is 45.7 Å². The van der Waals surface area contributed by atoms with E-state index < -0.39 is 4.92 Å². The van der Waals surface area contributed by atoms with Crippen LogP contribution in [0, 0.1) is 17.0 Å². The van der Waals surface area contributed by atoms with Crippen LogP contribution in [-0.2, 0) is 0 Å². The number of aromatic nitrogens is 3. The molecule has 8 nitrogen and oxygen atoms in total. The highest BCUT2D eigenvalue weighted by Gasteiger charge is 2.28. The molecule has 8 heteroatoms. The van der Waals surface area contributed by atoms with E-state index in [0.29, 0.717) is 33.8 Å². The van der Waals surface area contributed by atoms with E-state index in [0.717, 1.165) is 18.5 Å². The maximum atomic E-state index is 13.1. The van der Waals surface area contributed by atoms with E-state index in [4.69, 9.17) is 4.98 Å². The van der Waals surface area contributed by atoms with Crippen molar-refractivity contribution in [3.8, 4) is 0 Å². The summed E-state index contributed by atoms with van der Waals surface area (Å²) in [4.78, 5) is 28.6. The molecule has 0 saturated heterocycles. The molecule has 2 heterocycles. The van der Waals surface area contributed by atoms with E-state index in [9.17, 15) is 14.9 Å². The summed E-state index contributed by atoms with van der Waals surface area (Å²) in [7, 11) is 0. The van der Waals surface area contributed by atoms with Gasteiger partial charge in [-0.1, -0.05) is 6.07 Å². The fraction of sp³-hybridized carbons (Fsp3) is 0.350. The zero-order valence-corrected chi connectivity index (χ0v) is 16.0. The number of nitro groups is 1. The van der Waals surface area contributed by atoms with Crippen LogP contribution in [0.5, 0.6) is 0 Å². The summed E-state index contributed by atoms with van der Waals surface area (Å²) in [5, 5.41) is 19.1. The fourth-order valence-corrected chi connectivity index (χ4v) is 3.34. The average molecular weight is 379 g/mol. The van der Waals surface area contributed by atoms with Crippen LogP contribution in [0.25, 0.3) is 11.0 Å². The molecule has 0 unspecified atom stereocenters. The van der Waals surface area contributed by atoms with Crippen molar-refractivity contribution in [2.24, 2.45) is 0 Å². The van der Waals surface area contributed by atoms with Crippen LogP contribution in [0.4, 0.5) is 11.4 Å². The minimum Gasteiger partial charge on any atom is -0.321 e. The Labute approximate surface area is 161 Å². The van der Waals surface area contributed by atoms with E-state index in [1.54, 1.807) is 25.3 Å². The van der Waals surface area contributed by atoms with Crippen molar-refractivity contribution in [2.45, 2.75) is 45.6 Å². The number of carbonyl (C=O) groups excluding carboxylic acids is 1. The number of nitrogens with one attached hydrogen (secondary N) is 1. The predicted molar refractivity (Wildman–Crippen MR) is 106 cm³/mol. The second-order valence-corrected chi connectivity index (χ2v) is 7.45. The number of pyridine rings is 1. The molecule has 4 rings (SSSR count). The summed E-state index contributed by atoms with van der Waals surface area (Å²) in [6.07, 6.45) is 3.80. The number of nitro benzene ring substituents is 1. The number of hydrogen-bond acceptors (Lipinski definition) is 5. The molecule has 1 aliphatic rings. The summed E-state index contributed by atoms with van der Waals surface area (Å²) in [5.41, 5.74) is 2.91. The minimum absolute atomic E-state index is 0.0241. The number of fused-ring (bicyclic) bond motifs is 1. The molecule has 28 heavy (non-hydrogen) atoms. The summed E-state index contributed by atoms with van der Waals surface area (Å²) < 4.78 is 1.82. The third-order valence-corrected chi connectivity index (χ3v) is 5.07. The maximum absolute atomic E-state index is 13.1. The minimum atomic E-state index is -0.451. The number of hydrogen-bond donors (Lipinski definition) is 1. The zero-order valence-electron chi connectivity index (χ0n) is 16.0. The number of nitrogens with zero attached hydrogens (tertiary/aromatic N) is 4. The van der Waals surface area contributed by atoms with Gasteiger partial charge in [0, 0.05) is 23.7 Å². The first kappa shape index (κ1) is 18.1. The Hall–Kier alpha value is -3.29. The molecule has 0 radical (unpaired) electrons. The molecule has 2 aromatic heterocycles. The van der Waals surface area contributed by atoms with E-state index in [-0.39, 0.29) is 17.6 Å². The van der Waals surface area contributed by atoms with Gasteiger partial charge in [0.05, 0.1) is 33.3 Å². The smallest absolute Gasteiger partial charge is 0.274 e. The summed E-state index contributed by atoms with van der Waals surface area (Å²) >= 11 is 0. The van der Waals surface area contributed by atoms with Crippen LogP contribution >= 0.6 is 0 Å². The lowest BCUT2D eigenvalue weighted by Gasteiger charge is -2.12. The maximum Gasteiger partial charge on any atom is 0.274 e. The van der Waals surface area contributed by atoms with Crippen LogP contribution in [0.2, 0.25) is 0 Å². The average Bonchev–Trinajstić information content (AvgIpc) is 3.41. The Kier molecular flexibility index (Phi) is 4.33. The van der Waals surface area contributed by atoms with Crippen LogP contribution in [0.3, 0.4) is 0 Å². The van der Waals surface area contributed by atoms with Crippen molar-refractivity contribution in [2.75, 3.05) is 5.32 Å². The molecule has 1 amide bonds. The van der Waals surface area contributed by atoms with Gasteiger partial charge >= 0.3 is 0 Å². The monoisotopic (exact) mass is 379 g/mol. The van der Waals surface area contributed by atoms with Gasteiger partial charge < -0.3 is 5.32 Å². The standard InChI is InChI=1S/C20H21N5O3/c1-11(2)24-19-15(10-21-24)14(9-17(22-19)13-7-8-13)20(26)23-16-5-4-6-18(12(16)3)25(27)28/h4-6,9-11,13H,7-8H2,1-3H3,(H,23,26). The molecule has 0 spiro atoms. The van der Waals surface area contributed by atoms with Crippen molar-refractivity contribution < 1.29 is 9.72 Å². The fourth-order valence-electron chi connectivity index (χ4n) is 3.34. The first-order valence-electron chi connectivity index (χ1n) is 9.30. The van der Waals surface area contributed by atoms with Crippen LogP contribution in [0.15, 0.2) is 30.5 Å². The highest BCUT2D eigenvalue weighted by molar-refractivity contribution is 6.12. The van der Waals surface area contributed by atoms with Gasteiger partial charge in [0.2, 0.25) is 0 Å². The number of rotatable bonds is 5. The van der Waals surface area contributed by atoms with Gasteiger partial charge in [0.15, 0.2) is 5.65 Å². The Bertz CT molecular complexity index is 1100. The molecule has 0 atom stereocenters. The summed E-state index contributed by atoms with van der Waals surface area (Å²) in [6, 6.07) is 6.60. The topological polar surface area (TPSA) is 103 Å². The third-order valence-electron chi connectivity index (χ3n) is 5.07. The van der Waals surface area contributed by atoms with Crippen molar-refractivity contribution >= 4 is 28.3 Å². The second kappa shape index (κ2) is 6.70. The molecule has 1 aromatic carbocycles. The lowest BCUT2D eigenvalue weighted by molar-refractivity contribution is -0.385. The molecule has 1 N–H and O–H groups in total. The normalized spacial score (nSPS) is 13.9. The van der Waals surface area contributed by atoms with Crippen molar-refractivity contribution in [1.82, 2.24) is 14.8 Å². The lowest BCUT2D eigenvalue weighted by atomic mass is 10.1. The van der Waals surface area contributed by atoms with Gasteiger partial charge in [-0.15, -0.1) is 0 Å². The second-order valence-electron chi connectivity index (χ2n) is 7.45. The molecule has 0 bridgehead atoms. The van der Waals surface area contributed by atoms with Crippen LogP contribution in [-0.4, -0.2) is 25.6 Å². The summed E-state index contributed by atoms with van der Waals surface area (Å²) in [5.74, 6) is 0.0622. The van der Waals surface area contributed by atoms with E-state index >= 15 is 0 Å². The number of carbonyl (C=O) groups is 1. The molecule has 1 fully saturated rings.